The van der Waals surface area contributed by atoms with Crippen LogP contribution in [-0.2, 0) is 4.79 Å². The lowest BCUT2D eigenvalue weighted by Crippen LogP contribution is -2.21. The number of ether oxygens (including phenoxy) is 1. The summed E-state index contributed by atoms with van der Waals surface area (Å²) in [5.74, 6) is -0.617. The number of aryl methyl sites for hydroxylation is 1. The van der Waals surface area contributed by atoms with E-state index in [-0.39, 0.29) is 23.9 Å². The van der Waals surface area contributed by atoms with E-state index < -0.39 is 5.91 Å². The number of para-hydroxylation sites is 2. The maximum absolute atomic E-state index is 12.2. The molecule has 2 amide bonds. The number of amides is 2. The summed E-state index contributed by atoms with van der Waals surface area (Å²) in [6.45, 7) is 1.71. The van der Waals surface area contributed by atoms with E-state index in [9.17, 15) is 9.59 Å². The van der Waals surface area contributed by atoms with Crippen LogP contribution in [0, 0.1) is 6.92 Å². The van der Waals surface area contributed by atoms with Crippen LogP contribution in [0.3, 0.4) is 0 Å². The number of H-pyrrole nitrogens is 1. The highest BCUT2D eigenvalue weighted by Crippen LogP contribution is 2.29. The Bertz CT molecular complexity index is 951. The number of aromatic nitrogens is 3. The minimum atomic E-state index is -0.708. The minimum absolute atomic E-state index is 0.00501. The predicted molar refractivity (Wildman–Crippen MR) is 95.6 cm³/mol. The summed E-state index contributed by atoms with van der Waals surface area (Å²) in [6, 6.07) is 14.4. The standard InChI is InChI=1S/C18H17N5O3/c1-11-6-2-4-8-13(11)20-15(24)10-26-14-9-5-3-7-12(14)16-17(18(19)25)22-23-21-16/h2-9H,10H2,1H3,(H2,19,25)(H,20,24)(H,21,22,23). The third-order valence-corrected chi connectivity index (χ3v) is 3.70. The summed E-state index contributed by atoms with van der Waals surface area (Å²) in [5, 5.41) is 12.9. The highest BCUT2D eigenvalue weighted by Gasteiger charge is 2.19. The molecular formula is C18H17N5O3. The van der Waals surface area contributed by atoms with E-state index in [0.29, 0.717) is 11.3 Å². The number of nitrogens with one attached hydrogen (secondary N) is 2. The van der Waals surface area contributed by atoms with Gasteiger partial charge < -0.3 is 15.8 Å². The summed E-state index contributed by atoms with van der Waals surface area (Å²) in [7, 11) is 0. The maximum Gasteiger partial charge on any atom is 0.271 e. The van der Waals surface area contributed by atoms with Crippen molar-refractivity contribution in [3.05, 3.63) is 59.8 Å². The van der Waals surface area contributed by atoms with Gasteiger partial charge in [-0.25, -0.2) is 0 Å². The second-order valence-corrected chi connectivity index (χ2v) is 5.53. The van der Waals surface area contributed by atoms with Crippen molar-refractivity contribution in [1.29, 1.82) is 0 Å². The molecule has 26 heavy (non-hydrogen) atoms. The Hall–Kier alpha value is -3.68. The molecule has 8 nitrogen and oxygen atoms in total. The molecule has 0 aliphatic rings. The topological polar surface area (TPSA) is 123 Å². The van der Waals surface area contributed by atoms with Gasteiger partial charge in [-0.2, -0.15) is 15.4 Å². The molecule has 1 aromatic heterocycles. The van der Waals surface area contributed by atoms with Gasteiger partial charge in [0.2, 0.25) is 0 Å². The quantitative estimate of drug-likeness (QED) is 0.626. The molecule has 3 aromatic rings. The lowest BCUT2D eigenvalue weighted by Gasteiger charge is -2.11. The molecule has 8 heteroatoms. The van der Waals surface area contributed by atoms with Gasteiger partial charge in [0, 0.05) is 11.3 Å². The number of benzene rings is 2. The van der Waals surface area contributed by atoms with E-state index in [1.165, 1.54) is 0 Å². The summed E-state index contributed by atoms with van der Waals surface area (Å²) in [4.78, 5) is 23.6. The zero-order chi connectivity index (χ0) is 18.5. The fraction of sp³-hybridized carbons (Fsp3) is 0.111. The number of carbonyl (C=O) groups excluding carboxylic acids is 2. The van der Waals surface area contributed by atoms with Crippen LogP contribution in [-0.4, -0.2) is 33.8 Å². The Morgan fingerprint density at radius 1 is 1.12 bits per heavy atom. The molecule has 0 unspecified atom stereocenters. The largest absolute Gasteiger partial charge is 0.483 e. The molecule has 0 fully saturated rings. The van der Waals surface area contributed by atoms with Gasteiger partial charge in [0.25, 0.3) is 11.8 Å². The number of carbonyl (C=O) groups is 2. The van der Waals surface area contributed by atoms with Crippen LogP contribution in [0.5, 0.6) is 5.75 Å². The van der Waals surface area contributed by atoms with Gasteiger partial charge in [-0.3, -0.25) is 9.59 Å². The molecule has 2 aromatic carbocycles. The van der Waals surface area contributed by atoms with Gasteiger partial charge in [-0.1, -0.05) is 30.3 Å². The molecular weight excluding hydrogens is 334 g/mol. The van der Waals surface area contributed by atoms with Crippen molar-refractivity contribution in [2.45, 2.75) is 6.92 Å². The van der Waals surface area contributed by atoms with Gasteiger partial charge in [0.05, 0.1) is 0 Å². The van der Waals surface area contributed by atoms with Crippen molar-refractivity contribution < 1.29 is 14.3 Å². The molecule has 1 heterocycles. The van der Waals surface area contributed by atoms with Crippen LogP contribution in [0.15, 0.2) is 48.5 Å². The maximum atomic E-state index is 12.2. The van der Waals surface area contributed by atoms with Crippen molar-refractivity contribution in [3.8, 4) is 17.0 Å². The van der Waals surface area contributed by atoms with Gasteiger partial charge >= 0.3 is 0 Å². The molecule has 0 radical (unpaired) electrons. The number of primary amides is 1. The zero-order valence-electron chi connectivity index (χ0n) is 14.0. The number of hydrogen-bond donors (Lipinski definition) is 3. The van der Waals surface area contributed by atoms with Crippen molar-refractivity contribution in [2.24, 2.45) is 5.73 Å². The first kappa shape index (κ1) is 17.2. The smallest absolute Gasteiger partial charge is 0.271 e. The highest BCUT2D eigenvalue weighted by molar-refractivity contribution is 5.97. The van der Waals surface area contributed by atoms with E-state index in [2.05, 4.69) is 20.7 Å². The van der Waals surface area contributed by atoms with Gasteiger partial charge in [-0.05, 0) is 30.7 Å². The van der Waals surface area contributed by atoms with Gasteiger partial charge in [-0.15, -0.1) is 0 Å². The Morgan fingerprint density at radius 3 is 2.62 bits per heavy atom. The SMILES string of the molecule is Cc1ccccc1NC(=O)COc1ccccc1-c1n[nH]nc1C(N)=O. The molecule has 0 bridgehead atoms. The molecule has 0 aliphatic heterocycles. The number of nitrogens with zero attached hydrogens (tertiary/aromatic N) is 2. The summed E-state index contributed by atoms with van der Waals surface area (Å²) in [6.07, 6.45) is 0. The predicted octanol–water partition coefficient (Wildman–Crippen LogP) is 1.90. The van der Waals surface area contributed by atoms with Gasteiger partial charge in [0.1, 0.15) is 11.4 Å². The van der Waals surface area contributed by atoms with Crippen molar-refractivity contribution >= 4 is 17.5 Å². The van der Waals surface area contributed by atoms with Crippen molar-refractivity contribution in [2.75, 3.05) is 11.9 Å². The highest BCUT2D eigenvalue weighted by atomic mass is 16.5. The molecule has 0 aliphatic carbocycles. The third kappa shape index (κ3) is 3.69. The minimum Gasteiger partial charge on any atom is -0.483 e. The summed E-state index contributed by atoms with van der Waals surface area (Å²) >= 11 is 0. The van der Waals surface area contributed by atoms with E-state index in [1.807, 2.05) is 31.2 Å². The van der Waals surface area contributed by atoms with Crippen LogP contribution >= 0.6 is 0 Å². The Labute approximate surface area is 149 Å². The molecule has 0 atom stereocenters. The normalized spacial score (nSPS) is 10.3. The molecule has 132 valence electrons. The first-order chi connectivity index (χ1) is 12.6. The fourth-order valence-corrected chi connectivity index (χ4v) is 2.42. The van der Waals surface area contributed by atoms with E-state index >= 15 is 0 Å². The number of aromatic amines is 1. The summed E-state index contributed by atoms with van der Waals surface area (Å²) in [5.41, 5.74) is 7.77. The van der Waals surface area contributed by atoms with Crippen molar-refractivity contribution in [1.82, 2.24) is 15.4 Å². The average molecular weight is 351 g/mol. The Morgan fingerprint density at radius 2 is 1.85 bits per heavy atom. The molecule has 0 saturated carbocycles. The lowest BCUT2D eigenvalue weighted by atomic mass is 10.1. The monoisotopic (exact) mass is 351 g/mol. The number of hydrogen-bond acceptors (Lipinski definition) is 5. The summed E-state index contributed by atoms with van der Waals surface area (Å²) < 4.78 is 5.62. The van der Waals surface area contributed by atoms with Crippen LogP contribution in [0.1, 0.15) is 16.1 Å². The molecule has 0 spiro atoms. The fourth-order valence-electron chi connectivity index (χ4n) is 2.42. The average Bonchev–Trinajstić information content (AvgIpc) is 3.12. The molecule has 3 rings (SSSR count). The number of rotatable bonds is 6. The van der Waals surface area contributed by atoms with E-state index in [0.717, 1.165) is 11.3 Å². The third-order valence-electron chi connectivity index (χ3n) is 3.70. The Kier molecular flexibility index (Phi) is 4.93. The van der Waals surface area contributed by atoms with Crippen LogP contribution in [0.4, 0.5) is 5.69 Å². The van der Waals surface area contributed by atoms with Crippen LogP contribution < -0.4 is 15.8 Å². The van der Waals surface area contributed by atoms with E-state index in [4.69, 9.17) is 10.5 Å². The number of nitrogens with two attached hydrogens (primary N) is 1. The van der Waals surface area contributed by atoms with Gasteiger partial charge in [0.15, 0.2) is 12.3 Å². The lowest BCUT2D eigenvalue weighted by molar-refractivity contribution is -0.118. The van der Waals surface area contributed by atoms with Crippen molar-refractivity contribution in [3.63, 3.8) is 0 Å². The second kappa shape index (κ2) is 7.47. The molecule has 0 saturated heterocycles. The van der Waals surface area contributed by atoms with Crippen LogP contribution in [0.25, 0.3) is 11.3 Å². The Balaban J connectivity index is 1.75. The second-order valence-electron chi connectivity index (χ2n) is 5.53. The first-order valence-corrected chi connectivity index (χ1v) is 7.84. The molecule has 4 N–H and O–H groups in total. The van der Waals surface area contributed by atoms with E-state index in [1.54, 1.807) is 24.3 Å². The number of anilines is 1. The van der Waals surface area contributed by atoms with Crippen LogP contribution in [0.2, 0.25) is 0 Å². The zero-order valence-corrected chi connectivity index (χ0v) is 14.0. The first-order valence-electron chi connectivity index (χ1n) is 7.84.